The summed E-state index contributed by atoms with van der Waals surface area (Å²) in [7, 11) is 0. The average molecular weight is 357 g/mol. The van der Waals surface area contributed by atoms with Gasteiger partial charge in [-0.2, -0.15) is 0 Å². The van der Waals surface area contributed by atoms with Crippen LogP contribution in [0.1, 0.15) is 40.5 Å². The molecule has 0 aromatic carbocycles. The van der Waals surface area contributed by atoms with E-state index in [2.05, 4.69) is 10.3 Å². The molecule has 0 radical (unpaired) electrons. The minimum Gasteiger partial charge on any atom is -0.466 e. The number of carbonyl (C=O) groups is 1. The molecular weight excluding hydrogens is 333 g/mol. The van der Waals surface area contributed by atoms with Crippen LogP contribution >= 0.6 is 24.0 Å². The number of nitrogens with one attached hydrogen (secondary N) is 1. The lowest BCUT2D eigenvalue weighted by atomic mass is 10.1. The maximum Gasteiger partial charge on any atom is 0.305 e. The van der Waals surface area contributed by atoms with Gasteiger partial charge in [0.15, 0.2) is 5.96 Å². The fourth-order valence-corrected chi connectivity index (χ4v) is 1.08. The third-order valence-corrected chi connectivity index (χ3v) is 1.63. The quantitative estimate of drug-likeness (QED) is 0.258. The van der Waals surface area contributed by atoms with Gasteiger partial charge in [0.05, 0.1) is 6.61 Å². The second-order valence-corrected chi connectivity index (χ2v) is 4.55. The van der Waals surface area contributed by atoms with Crippen molar-refractivity contribution < 1.29 is 9.53 Å². The number of nitrogens with zero attached hydrogens (tertiary/aromatic N) is 1. The van der Waals surface area contributed by atoms with Crippen molar-refractivity contribution >= 4 is 35.9 Å². The number of hydrogen-bond donors (Lipinski definition) is 2. The lowest BCUT2D eigenvalue weighted by molar-refractivity contribution is -0.143. The number of guanidine groups is 1. The highest BCUT2D eigenvalue weighted by Crippen LogP contribution is 1.98. The number of hydrogen-bond acceptors (Lipinski definition) is 3. The molecule has 0 rings (SSSR count). The summed E-state index contributed by atoms with van der Waals surface area (Å²) in [6.45, 7) is 8.78. The predicted octanol–water partition coefficient (Wildman–Crippen LogP) is 1.65. The minimum atomic E-state index is -0.181. The van der Waals surface area contributed by atoms with Crippen molar-refractivity contribution in [1.29, 1.82) is 0 Å². The molecule has 0 heterocycles. The molecule has 0 bridgehead atoms. The summed E-state index contributed by atoms with van der Waals surface area (Å²) in [6.07, 6.45) is 1.05. The van der Waals surface area contributed by atoms with Gasteiger partial charge in [-0.3, -0.25) is 9.79 Å². The molecular formula is C11H24IN3O2. The van der Waals surface area contributed by atoms with E-state index < -0.39 is 0 Å². The molecule has 0 aromatic rings. The van der Waals surface area contributed by atoms with Gasteiger partial charge < -0.3 is 15.8 Å². The molecule has 0 aliphatic heterocycles. The van der Waals surface area contributed by atoms with E-state index in [4.69, 9.17) is 10.5 Å². The second-order valence-electron chi connectivity index (χ2n) is 4.55. The molecule has 0 saturated carbocycles. The molecule has 0 aliphatic rings. The molecule has 0 unspecified atom stereocenters. The number of ether oxygens (including phenoxy) is 1. The smallest absolute Gasteiger partial charge is 0.305 e. The van der Waals surface area contributed by atoms with Gasteiger partial charge in [-0.05, 0) is 34.1 Å². The van der Waals surface area contributed by atoms with Crippen LogP contribution in [0.25, 0.3) is 0 Å². The first kappa shape index (κ1) is 18.8. The number of rotatable bonds is 5. The van der Waals surface area contributed by atoms with Crippen molar-refractivity contribution in [2.45, 2.75) is 46.1 Å². The Balaban J connectivity index is 0. The van der Waals surface area contributed by atoms with Gasteiger partial charge in [-0.25, -0.2) is 0 Å². The van der Waals surface area contributed by atoms with Crippen LogP contribution in [-0.2, 0) is 9.53 Å². The monoisotopic (exact) mass is 357 g/mol. The van der Waals surface area contributed by atoms with Crippen LogP contribution in [0.5, 0.6) is 0 Å². The summed E-state index contributed by atoms with van der Waals surface area (Å²) in [5, 5.41) is 3.04. The van der Waals surface area contributed by atoms with Crippen molar-refractivity contribution in [2.75, 3.05) is 13.2 Å². The molecule has 0 saturated heterocycles. The zero-order valence-corrected chi connectivity index (χ0v) is 13.4. The van der Waals surface area contributed by atoms with Gasteiger partial charge in [-0.1, -0.05) is 0 Å². The van der Waals surface area contributed by atoms with Crippen LogP contribution in [0.4, 0.5) is 0 Å². The van der Waals surface area contributed by atoms with E-state index in [9.17, 15) is 4.79 Å². The van der Waals surface area contributed by atoms with Crippen molar-refractivity contribution in [3.8, 4) is 0 Å². The number of halogens is 1. The molecule has 0 amide bonds. The zero-order chi connectivity index (χ0) is 12.6. The van der Waals surface area contributed by atoms with Crippen molar-refractivity contribution in [3.63, 3.8) is 0 Å². The number of carbonyl (C=O) groups excluding carboxylic acids is 1. The Labute approximate surface area is 121 Å². The van der Waals surface area contributed by atoms with Gasteiger partial charge in [0.1, 0.15) is 0 Å². The number of esters is 1. The standard InChI is InChI=1S/C11H23N3O2.HI/c1-5-16-9(15)7-6-8-13-10(12)14-11(2,3)4;/h5-8H2,1-4H3,(H3,12,13,14);1H. The molecule has 17 heavy (non-hydrogen) atoms. The molecule has 0 spiro atoms. The molecule has 102 valence electrons. The van der Waals surface area contributed by atoms with Crippen LogP contribution in [0.3, 0.4) is 0 Å². The fraction of sp³-hybridized carbons (Fsp3) is 0.818. The van der Waals surface area contributed by atoms with E-state index >= 15 is 0 Å². The topological polar surface area (TPSA) is 76.7 Å². The Morgan fingerprint density at radius 1 is 1.41 bits per heavy atom. The normalized spacial score (nSPS) is 11.6. The summed E-state index contributed by atoms with van der Waals surface area (Å²) >= 11 is 0. The summed E-state index contributed by atoms with van der Waals surface area (Å²) in [5.41, 5.74) is 5.57. The second kappa shape index (κ2) is 9.49. The Hall–Kier alpha value is -0.530. The van der Waals surface area contributed by atoms with E-state index in [-0.39, 0.29) is 35.5 Å². The van der Waals surface area contributed by atoms with Gasteiger partial charge in [0, 0.05) is 18.5 Å². The maximum atomic E-state index is 11.0. The zero-order valence-electron chi connectivity index (χ0n) is 11.1. The van der Waals surface area contributed by atoms with Crippen LogP contribution in [0, 0.1) is 0 Å². The first-order valence-corrected chi connectivity index (χ1v) is 5.59. The van der Waals surface area contributed by atoms with E-state index in [0.29, 0.717) is 32.0 Å². The van der Waals surface area contributed by atoms with Crippen LogP contribution < -0.4 is 11.1 Å². The van der Waals surface area contributed by atoms with Crippen LogP contribution in [-0.4, -0.2) is 30.6 Å². The largest absolute Gasteiger partial charge is 0.466 e. The SMILES string of the molecule is CCOC(=O)CCCN=C(N)NC(C)(C)C.I. The Morgan fingerprint density at radius 2 is 2.00 bits per heavy atom. The number of nitrogens with two attached hydrogens (primary N) is 1. The van der Waals surface area contributed by atoms with Crippen LogP contribution in [0.2, 0.25) is 0 Å². The Bertz CT molecular complexity index is 250. The molecule has 0 aromatic heterocycles. The fourth-order valence-electron chi connectivity index (χ4n) is 1.08. The highest BCUT2D eigenvalue weighted by molar-refractivity contribution is 14.0. The molecule has 0 fully saturated rings. The Kier molecular flexibility index (Phi) is 10.5. The van der Waals surface area contributed by atoms with E-state index in [0.717, 1.165) is 0 Å². The Morgan fingerprint density at radius 3 is 2.47 bits per heavy atom. The van der Waals surface area contributed by atoms with E-state index in [1.165, 1.54) is 0 Å². The lowest BCUT2D eigenvalue weighted by Crippen LogP contribution is -2.45. The summed E-state index contributed by atoms with van der Waals surface area (Å²) < 4.78 is 4.80. The van der Waals surface area contributed by atoms with Crippen molar-refractivity contribution in [3.05, 3.63) is 0 Å². The third kappa shape index (κ3) is 13.4. The van der Waals surface area contributed by atoms with Gasteiger partial charge in [0.25, 0.3) is 0 Å². The van der Waals surface area contributed by atoms with Gasteiger partial charge >= 0.3 is 5.97 Å². The molecule has 3 N–H and O–H groups in total. The van der Waals surface area contributed by atoms with Crippen molar-refractivity contribution in [1.82, 2.24) is 5.32 Å². The van der Waals surface area contributed by atoms with E-state index in [1.54, 1.807) is 6.92 Å². The predicted molar refractivity (Wildman–Crippen MR) is 80.7 cm³/mol. The highest BCUT2D eigenvalue weighted by atomic mass is 127. The molecule has 5 nitrogen and oxygen atoms in total. The average Bonchev–Trinajstić information content (AvgIpc) is 2.10. The summed E-state index contributed by atoms with van der Waals surface area (Å²) in [6, 6.07) is 0. The maximum absolute atomic E-state index is 11.0. The minimum absolute atomic E-state index is 0. The first-order valence-electron chi connectivity index (χ1n) is 5.59. The van der Waals surface area contributed by atoms with Crippen LogP contribution in [0.15, 0.2) is 4.99 Å². The first-order chi connectivity index (χ1) is 7.35. The highest BCUT2D eigenvalue weighted by Gasteiger charge is 2.09. The third-order valence-electron chi connectivity index (χ3n) is 1.63. The lowest BCUT2D eigenvalue weighted by Gasteiger charge is -2.20. The molecule has 0 atom stereocenters. The molecule has 0 aliphatic carbocycles. The molecule has 6 heteroatoms. The van der Waals surface area contributed by atoms with Crippen molar-refractivity contribution in [2.24, 2.45) is 10.7 Å². The van der Waals surface area contributed by atoms with Gasteiger partial charge in [-0.15, -0.1) is 24.0 Å². The van der Waals surface area contributed by atoms with Gasteiger partial charge in [0.2, 0.25) is 0 Å². The summed E-state index contributed by atoms with van der Waals surface area (Å²) in [5.74, 6) is 0.233. The number of aliphatic imine (C=N–C) groups is 1. The van der Waals surface area contributed by atoms with E-state index in [1.807, 2.05) is 20.8 Å². The summed E-state index contributed by atoms with van der Waals surface area (Å²) in [4.78, 5) is 15.1.